The topological polar surface area (TPSA) is 112 Å². The highest BCUT2D eigenvalue weighted by molar-refractivity contribution is 6.76. The van der Waals surface area contributed by atoms with Gasteiger partial charge in [0.05, 0.1) is 55.1 Å². The number of nitrogens with zero attached hydrogens (tertiary/aromatic N) is 7. The van der Waals surface area contributed by atoms with Crippen molar-refractivity contribution in [2.75, 3.05) is 30.0 Å². The molecule has 0 aromatic carbocycles. The third-order valence-corrected chi connectivity index (χ3v) is 8.32. The summed E-state index contributed by atoms with van der Waals surface area (Å²) in [6, 6.07) is 2.84. The molecule has 0 saturated carbocycles. The Kier molecular flexibility index (Phi) is 9.49. The van der Waals surface area contributed by atoms with Crippen LogP contribution in [0.4, 0.5) is 24.8 Å². The van der Waals surface area contributed by atoms with Crippen LogP contribution in [-0.2, 0) is 42.1 Å². The Bertz CT molecular complexity index is 1370. The molecule has 1 N–H and O–H groups in total. The molecule has 1 aliphatic heterocycles. The number of nitrogens with one attached hydrogen (secondary N) is 1. The number of fused-ring (bicyclic) bond motifs is 1. The summed E-state index contributed by atoms with van der Waals surface area (Å²) in [6.45, 7) is 13.4. The first kappa shape index (κ1) is 30.7. The Morgan fingerprint density at radius 1 is 1.12 bits per heavy atom. The molecule has 1 atom stereocenters. The number of rotatable bonds is 12. The fourth-order valence-electron chi connectivity index (χ4n) is 4.20. The van der Waals surface area contributed by atoms with Crippen LogP contribution in [0.1, 0.15) is 29.4 Å². The molecule has 0 unspecified atom stereocenters. The van der Waals surface area contributed by atoms with Gasteiger partial charge in [0.25, 0.3) is 5.56 Å². The van der Waals surface area contributed by atoms with Crippen molar-refractivity contribution in [1.82, 2.24) is 29.5 Å². The predicted molar refractivity (Wildman–Crippen MR) is 150 cm³/mol. The normalized spacial score (nSPS) is 14.7. The minimum absolute atomic E-state index is 0.0942. The molecule has 0 radical (unpaired) electrons. The monoisotopic (exact) mass is 594 g/mol. The quantitative estimate of drug-likeness (QED) is 0.246. The average molecular weight is 595 g/mol. The number of anilines is 2. The molecule has 0 fully saturated rings. The molecule has 3 aromatic rings. The molecule has 0 amide bonds. The number of alkyl halides is 3. The first-order valence-corrected chi connectivity index (χ1v) is 17.2. The third kappa shape index (κ3) is 8.36. The molecule has 224 valence electrons. The largest absolute Gasteiger partial charge is 0.419 e. The van der Waals surface area contributed by atoms with Gasteiger partial charge in [-0.3, -0.25) is 9.48 Å². The van der Waals surface area contributed by atoms with Crippen molar-refractivity contribution in [2.45, 2.75) is 78.2 Å². The number of ether oxygens (including phenoxy) is 2. The highest BCUT2D eigenvalue weighted by atomic mass is 28.3. The summed E-state index contributed by atoms with van der Waals surface area (Å²) in [7, 11) is -1.20. The minimum Gasteiger partial charge on any atom is -0.379 e. The van der Waals surface area contributed by atoms with Gasteiger partial charge >= 0.3 is 6.18 Å². The maximum absolute atomic E-state index is 12.8. The van der Waals surface area contributed by atoms with E-state index in [0.717, 1.165) is 29.8 Å². The van der Waals surface area contributed by atoms with Crippen LogP contribution in [0.5, 0.6) is 0 Å². The van der Waals surface area contributed by atoms with Crippen LogP contribution in [-0.4, -0.2) is 63.4 Å². The van der Waals surface area contributed by atoms with E-state index in [1.54, 1.807) is 13.1 Å². The lowest BCUT2D eigenvalue weighted by Gasteiger charge is -2.27. The maximum Gasteiger partial charge on any atom is 0.419 e. The molecule has 41 heavy (non-hydrogen) atoms. The second kappa shape index (κ2) is 12.7. The molecule has 11 nitrogen and oxygen atoms in total. The number of hydrogen-bond acceptors (Lipinski definition) is 9. The highest BCUT2D eigenvalue weighted by Crippen LogP contribution is 2.29. The summed E-state index contributed by atoms with van der Waals surface area (Å²) in [6.07, 6.45) is -1.24. The van der Waals surface area contributed by atoms with Gasteiger partial charge in [-0.2, -0.15) is 23.4 Å². The summed E-state index contributed by atoms with van der Waals surface area (Å²) in [5.41, 5.74) is 1.78. The lowest BCUT2D eigenvalue weighted by Crippen LogP contribution is -2.35. The molecule has 0 aliphatic carbocycles. The van der Waals surface area contributed by atoms with Crippen LogP contribution in [0.2, 0.25) is 25.7 Å². The van der Waals surface area contributed by atoms with E-state index in [9.17, 15) is 18.0 Å². The molecule has 15 heteroatoms. The highest BCUT2D eigenvalue weighted by Gasteiger charge is 2.32. The van der Waals surface area contributed by atoms with Gasteiger partial charge in [0, 0.05) is 45.2 Å². The molecule has 0 bridgehead atoms. The van der Waals surface area contributed by atoms with Crippen LogP contribution in [0.3, 0.4) is 0 Å². The van der Waals surface area contributed by atoms with Crippen LogP contribution in [0, 0.1) is 6.92 Å². The lowest BCUT2D eigenvalue weighted by atomic mass is 10.2. The Morgan fingerprint density at radius 2 is 1.85 bits per heavy atom. The third-order valence-electron chi connectivity index (χ3n) is 6.61. The minimum atomic E-state index is -4.47. The van der Waals surface area contributed by atoms with Crippen LogP contribution < -0.4 is 15.8 Å². The fourth-order valence-corrected chi connectivity index (χ4v) is 4.95. The van der Waals surface area contributed by atoms with Crippen LogP contribution in [0.15, 0.2) is 29.5 Å². The van der Waals surface area contributed by atoms with Crippen LogP contribution >= 0.6 is 0 Å². The zero-order chi connectivity index (χ0) is 29.8. The lowest BCUT2D eigenvalue weighted by molar-refractivity contribution is -0.138. The van der Waals surface area contributed by atoms with Gasteiger partial charge in [0.1, 0.15) is 6.73 Å². The average Bonchev–Trinajstić information content (AvgIpc) is 3.31. The Labute approximate surface area is 237 Å². The molecule has 0 saturated heterocycles. The van der Waals surface area contributed by atoms with Gasteiger partial charge in [-0.05, 0) is 26.0 Å². The van der Waals surface area contributed by atoms with Gasteiger partial charge in [0.15, 0.2) is 0 Å². The molecule has 4 heterocycles. The van der Waals surface area contributed by atoms with Crippen molar-refractivity contribution < 1.29 is 22.6 Å². The Morgan fingerprint density at radius 3 is 2.54 bits per heavy atom. The summed E-state index contributed by atoms with van der Waals surface area (Å²) < 4.78 is 53.1. The molecular formula is C26H37F3N8O3Si. The van der Waals surface area contributed by atoms with E-state index < -0.39 is 19.8 Å². The van der Waals surface area contributed by atoms with Gasteiger partial charge < -0.3 is 19.7 Å². The SMILES string of the molecule is Cc1c(N[C@@H](C)COCc2cc3n(n2)CCN(c2ncc(C(F)(F)F)cn2)C3)cnn(COCC[Si](C)(C)C)c1=O. The van der Waals surface area contributed by atoms with Gasteiger partial charge in [0.2, 0.25) is 5.95 Å². The van der Waals surface area contributed by atoms with E-state index in [4.69, 9.17) is 9.47 Å². The van der Waals surface area contributed by atoms with Gasteiger partial charge in [-0.1, -0.05) is 19.6 Å². The van der Waals surface area contributed by atoms with E-state index in [0.29, 0.717) is 44.1 Å². The van der Waals surface area contributed by atoms with Crippen molar-refractivity contribution in [3.05, 3.63) is 57.5 Å². The molecular weight excluding hydrogens is 557 g/mol. The van der Waals surface area contributed by atoms with Crippen molar-refractivity contribution in [3.8, 4) is 0 Å². The molecule has 1 aliphatic rings. The summed E-state index contributed by atoms with van der Waals surface area (Å²) in [5, 5.41) is 12.1. The fraction of sp³-hybridized carbons (Fsp3) is 0.577. The predicted octanol–water partition coefficient (Wildman–Crippen LogP) is 3.91. The van der Waals surface area contributed by atoms with Crippen molar-refractivity contribution in [2.24, 2.45) is 0 Å². The Hall–Kier alpha value is -3.30. The zero-order valence-corrected chi connectivity index (χ0v) is 25.0. The first-order chi connectivity index (χ1) is 19.3. The summed E-state index contributed by atoms with van der Waals surface area (Å²) >= 11 is 0. The second-order valence-electron chi connectivity index (χ2n) is 11.4. The first-order valence-electron chi connectivity index (χ1n) is 13.5. The second-order valence-corrected chi connectivity index (χ2v) is 17.1. The smallest absolute Gasteiger partial charge is 0.379 e. The number of halogens is 3. The summed E-state index contributed by atoms with van der Waals surface area (Å²) in [5.74, 6) is 0.246. The standard InChI is InChI=1S/C26H37F3N8O3Si/c1-18(33-23-13-32-37(24(38)19(23)2)17-39-8-9-41(3,4)5)15-40-16-21-10-22-14-35(6-7-36(22)34-21)25-30-11-20(12-31-25)26(27,28)29/h10-13,18,33H,6-9,14-17H2,1-5H3/t18-/m0/s1. The van der Waals surface area contributed by atoms with Crippen LogP contribution in [0.25, 0.3) is 0 Å². The Balaban J connectivity index is 1.24. The van der Waals surface area contributed by atoms with Crippen molar-refractivity contribution >= 4 is 19.7 Å². The number of aromatic nitrogens is 6. The molecule has 4 rings (SSSR count). The van der Waals surface area contributed by atoms with Gasteiger partial charge in [-0.15, -0.1) is 0 Å². The van der Waals surface area contributed by atoms with E-state index in [1.807, 2.05) is 22.6 Å². The van der Waals surface area contributed by atoms with Gasteiger partial charge in [-0.25, -0.2) is 14.6 Å². The van der Waals surface area contributed by atoms with Crippen molar-refractivity contribution in [3.63, 3.8) is 0 Å². The van der Waals surface area contributed by atoms with E-state index in [2.05, 4.69) is 45.1 Å². The molecule has 0 spiro atoms. The van der Waals surface area contributed by atoms with E-state index in [-0.39, 0.29) is 30.9 Å². The number of hydrogen-bond donors (Lipinski definition) is 1. The van der Waals surface area contributed by atoms with E-state index >= 15 is 0 Å². The maximum atomic E-state index is 12.8. The van der Waals surface area contributed by atoms with E-state index in [1.165, 1.54) is 4.68 Å². The summed E-state index contributed by atoms with van der Waals surface area (Å²) in [4.78, 5) is 22.3. The zero-order valence-electron chi connectivity index (χ0n) is 24.0. The molecule has 3 aromatic heterocycles. The van der Waals surface area contributed by atoms with Crippen molar-refractivity contribution in [1.29, 1.82) is 0 Å².